The molecule has 0 saturated carbocycles. The highest BCUT2D eigenvalue weighted by Crippen LogP contribution is 2.19. The lowest BCUT2D eigenvalue weighted by molar-refractivity contribution is -0.151. The summed E-state index contributed by atoms with van der Waals surface area (Å²) in [6.45, 7) is 7.36. The quantitative estimate of drug-likeness (QED) is 0.496. The largest absolute Gasteiger partial charge is 0.452 e. The Morgan fingerprint density at radius 1 is 1.14 bits per heavy atom. The summed E-state index contributed by atoms with van der Waals surface area (Å²) in [5, 5.41) is 13.4. The van der Waals surface area contributed by atoms with Gasteiger partial charge in [0.05, 0.1) is 12.3 Å². The molecule has 9 nitrogen and oxygen atoms in total. The number of ether oxygens (including phenoxy) is 1. The topological polar surface area (TPSA) is 115 Å². The standard InChI is InChI=1S/C19H25N5O4S/c1-12(2)20-18(27)21-17(26)13(3)28-16(25)11-29-19-23-22-14(4)24(19)10-15-8-6-5-7-9-15/h5-9,12-13H,10-11H2,1-4H3,(H2,20,21,26,27)/t13-/m1/s1. The Labute approximate surface area is 173 Å². The SMILES string of the molecule is Cc1nnc(SCC(=O)O[C@H](C)C(=O)NC(=O)NC(C)C)n1Cc1ccccc1. The third-order valence-electron chi connectivity index (χ3n) is 3.74. The molecule has 0 saturated heterocycles. The highest BCUT2D eigenvalue weighted by Gasteiger charge is 2.21. The van der Waals surface area contributed by atoms with E-state index in [-0.39, 0.29) is 11.8 Å². The van der Waals surface area contributed by atoms with Gasteiger partial charge >= 0.3 is 12.0 Å². The maximum Gasteiger partial charge on any atom is 0.321 e. The summed E-state index contributed by atoms with van der Waals surface area (Å²) in [5.41, 5.74) is 1.09. The lowest BCUT2D eigenvalue weighted by Gasteiger charge is -2.14. The molecule has 0 bridgehead atoms. The third kappa shape index (κ3) is 7.22. The predicted octanol–water partition coefficient (Wildman–Crippen LogP) is 1.89. The number of carbonyl (C=O) groups excluding carboxylic acids is 3. The molecule has 0 aliphatic heterocycles. The van der Waals surface area contributed by atoms with Crippen LogP contribution in [0.2, 0.25) is 0 Å². The van der Waals surface area contributed by atoms with Crippen molar-refractivity contribution < 1.29 is 19.1 Å². The summed E-state index contributed by atoms with van der Waals surface area (Å²) in [6, 6.07) is 9.09. The number of nitrogens with one attached hydrogen (secondary N) is 2. The molecule has 1 heterocycles. The predicted molar refractivity (Wildman–Crippen MR) is 108 cm³/mol. The van der Waals surface area contributed by atoms with Crippen molar-refractivity contribution in [3.8, 4) is 0 Å². The smallest absolute Gasteiger partial charge is 0.321 e. The fourth-order valence-electron chi connectivity index (χ4n) is 2.34. The average Bonchev–Trinajstić information content (AvgIpc) is 3.00. The Kier molecular flexibility index (Phi) is 8.20. The maximum absolute atomic E-state index is 12.1. The first-order valence-electron chi connectivity index (χ1n) is 9.13. The van der Waals surface area contributed by atoms with Gasteiger partial charge in [-0.3, -0.25) is 14.9 Å². The van der Waals surface area contributed by atoms with Crippen LogP contribution in [-0.2, 0) is 20.9 Å². The first-order valence-corrected chi connectivity index (χ1v) is 10.1. The molecule has 156 valence electrons. The molecule has 3 amide bonds. The van der Waals surface area contributed by atoms with Crippen molar-refractivity contribution >= 4 is 29.7 Å². The van der Waals surface area contributed by atoms with Crippen molar-refractivity contribution in [3.63, 3.8) is 0 Å². The number of aryl methyl sites for hydroxylation is 1. The van der Waals surface area contributed by atoms with Crippen LogP contribution < -0.4 is 10.6 Å². The highest BCUT2D eigenvalue weighted by atomic mass is 32.2. The molecule has 2 N–H and O–H groups in total. The van der Waals surface area contributed by atoms with Crippen molar-refractivity contribution in [3.05, 3.63) is 41.7 Å². The van der Waals surface area contributed by atoms with E-state index in [1.54, 1.807) is 13.8 Å². The highest BCUT2D eigenvalue weighted by molar-refractivity contribution is 7.99. The Morgan fingerprint density at radius 2 is 1.83 bits per heavy atom. The van der Waals surface area contributed by atoms with Gasteiger partial charge in [0.15, 0.2) is 11.3 Å². The normalized spacial score (nSPS) is 11.8. The number of imide groups is 1. The number of thioether (sulfide) groups is 1. The number of nitrogens with zero attached hydrogens (tertiary/aromatic N) is 3. The number of benzene rings is 1. The molecule has 0 spiro atoms. The number of urea groups is 1. The van der Waals surface area contributed by atoms with E-state index >= 15 is 0 Å². The summed E-state index contributed by atoms with van der Waals surface area (Å²) >= 11 is 1.18. The Morgan fingerprint density at radius 3 is 2.48 bits per heavy atom. The summed E-state index contributed by atoms with van der Waals surface area (Å²) in [5.74, 6) is -0.588. The van der Waals surface area contributed by atoms with Crippen molar-refractivity contribution in [1.82, 2.24) is 25.4 Å². The minimum absolute atomic E-state index is 0.0390. The van der Waals surface area contributed by atoms with Gasteiger partial charge in [0.2, 0.25) is 0 Å². The van der Waals surface area contributed by atoms with Crippen LogP contribution in [0.5, 0.6) is 0 Å². The number of aromatic nitrogens is 3. The summed E-state index contributed by atoms with van der Waals surface area (Å²) < 4.78 is 7.00. The van der Waals surface area contributed by atoms with E-state index in [2.05, 4.69) is 20.8 Å². The van der Waals surface area contributed by atoms with Crippen LogP contribution in [0.15, 0.2) is 35.5 Å². The second kappa shape index (κ2) is 10.6. The van der Waals surface area contributed by atoms with Crippen molar-refractivity contribution in [2.24, 2.45) is 0 Å². The summed E-state index contributed by atoms with van der Waals surface area (Å²) in [6.07, 6.45) is -1.09. The van der Waals surface area contributed by atoms with Crippen LogP contribution in [0.3, 0.4) is 0 Å². The molecular weight excluding hydrogens is 394 g/mol. The van der Waals surface area contributed by atoms with E-state index < -0.39 is 24.0 Å². The minimum Gasteiger partial charge on any atom is -0.452 e. The van der Waals surface area contributed by atoms with Gasteiger partial charge < -0.3 is 14.6 Å². The van der Waals surface area contributed by atoms with Crippen LogP contribution in [0.1, 0.15) is 32.2 Å². The van der Waals surface area contributed by atoms with E-state index in [1.807, 2.05) is 41.8 Å². The fourth-order valence-corrected chi connectivity index (χ4v) is 3.10. The van der Waals surface area contributed by atoms with Gasteiger partial charge in [0.1, 0.15) is 5.82 Å². The van der Waals surface area contributed by atoms with Gasteiger partial charge in [-0.25, -0.2) is 4.79 Å². The third-order valence-corrected chi connectivity index (χ3v) is 4.68. The number of amides is 3. The zero-order valence-electron chi connectivity index (χ0n) is 16.8. The molecule has 2 aromatic rings. The van der Waals surface area contributed by atoms with Crippen LogP contribution >= 0.6 is 11.8 Å². The van der Waals surface area contributed by atoms with Gasteiger partial charge in [-0.15, -0.1) is 10.2 Å². The first-order chi connectivity index (χ1) is 13.8. The minimum atomic E-state index is -1.09. The second-order valence-electron chi connectivity index (χ2n) is 6.64. The molecule has 0 unspecified atom stereocenters. The van der Waals surface area contributed by atoms with Crippen LogP contribution in [-0.4, -0.2) is 50.6 Å². The van der Waals surface area contributed by atoms with Gasteiger partial charge in [-0.05, 0) is 33.3 Å². The van der Waals surface area contributed by atoms with Gasteiger partial charge in [-0.2, -0.15) is 0 Å². The monoisotopic (exact) mass is 419 g/mol. The number of esters is 1. The van der Waals surface area contributed by atoms with Gasteiger partial charge in [-0.1, -0.05) is 42.1 Å². The lowest BCUT2D eigenvalue weighted by Crippen LogP contribution is -2.46. The van der Waals surface area contributed by atoms with E-state index in [9.17, 15) is 14.4 Å². The van der Waals surface area contributed by atoms with Crippen LogP contribution in [0.4, 0.5) is 4.79 Å². The molecule has 2 rings (SSSR count). The van der Waals surface area contributed by atoms with Gasteiger partial charge in [0, 0.05) is 6.04 Å². The zero-order chi connectivity index (χ0) is 21.4. The molecule has 0 fully saturated rings. The van der Waals surface area contributed by atoms with Gasteiger partial charge in [0.25, 0.3) is 5.91 Å². The van der Waals surface area contributed by atoms with E-state index in [4.69, 9.17) is 4.74 Å². The van der Waals surface area contributed by atoms with E-state index in [0.29, 0.717) is 11.7 Å². The molecule has 0 aliphatic rings. The van der Waals surface area contributed by atoms with Crippen LogP contribution in [0, 0.1) is 6.92 Å². The van der Waals surface area contributed by atoms with Crippen molar-refractivity contribution in [2.45, 2.75) is 51.5 Å². The Hall–Kier alpha value is -2.88. The maximum atomic E-state index is 12.1. The molecule has 10 heteroatoms. The molecular formula is C19H25N5O4S. The van der Waals surface area contributed by atoms with Crippen molar-refractivity contribution in [1.29, 1.82) is 0 Å². The summed E-state index contributed by atoms with van der Waals surface area (Å²) in [4.78, 5) is 35.6. The lowest BCUT2D eigenvalue weighted by atomic mass is 10.2. The Bertz CT molecular complexity index is 854. The second-order valence-corrected chi connectivity index (χ2v) is 7.58. The summed E-state index contributed by atoms with van der Waals surface area (Å²) in [7, 11) is 0. The van der Waals surface area contributed by atoms with E-state index in [0.717, 1.165) is 11.4 Å². The molecule has 1 aromatic carbocycles. The number of hydrogen-bond donors (Lipinski definition) is 2. The molecule has 1 atom stereocenters. The number of hydrogen-bond acceptors (Lipinski definition) is 7. The fraction of sp³-hybridized carbons (Fsp3) is 0.421. The number of rotatable bonds is 8. The Balaban J connectivity index is 1.86. The van der Waals surface area contributed by atoms with E-state index in [1.165, 1.54) is 18.7 Å². The van der Waals surface area contributed by atoms with Crippen molar-refractivity contribution in [2.75, 3.05) is 5.75 Å². The molecule has 29 heavy (non-hydrogen) atoms. The number of carbonyl (C=O) groups is 3. The zero-order valence-corrected chi connectivity index (χ0v) is 17.7. The average molecular weight is 420 g/mol. The van der Waals surface area contributed by atoms with Crippen LogP contribution in [0.25, 0.3) is 0 Å². The molecule has 1 aromatic heterocycles. The first kappa shape index (κ1) is 22.4. The molecule has 0 radical (unpaired) electrons. The molecule has 0 aliphatic carbocycles.